The van der Waals surface area contributed by atoms with Crippen molar-refractivity contribution in [2.24, 2.45) is 0 Å². The normalized spacial score (nSPS) is 11.1. The van der Waals surface area contributed by atoms with Crippen molar-refractivity contribution in [3.63, 3.8) is 0 Å². The molecule has 4 nitrogen and oxygen atoms in total. The molecule has 0 aliphatic heterocycles. The predicted octanol–water partition coefficient (Wildman–Crippen LogP) is 5.28. The maximum Gasteiger partial charge on any atom is 0.174 e. The van der Waals surface area contributed by atoms with Gasteiger partial charge in [0.25, 0.3) is 0 Å². The molecule has 2 heterocycles. The van der Waals surface area contributed by atoms with Gasteiger partial charge < -0.3 is 5.32 Å². The molecular formula is C18H21FN4S. The Labute approximate surface area is 145 Å². The van der Waals surface area contributed by atoms with Crippen LogP contribution in [0.1, 0.15) is 31.7 Å². The van der Waals surface area contributed by atoms with Crippen LogP contribution in [0.25, 0.3) is 16.9 Å². The Hall–Kier alpha value is -2.08. The van der Waals surface area contributed by atoms with E-state index in [0.29, 0.717) is 10.5 Å². The minimum Gasteiger partial charge on any atom is -0.370 e. The molecule has 0 unspecified atom stereocenters. The van der Waals surface area contributed by atoms with Gasteiger partial charge in [-0.25, -0.2) is 4.98 Å². The van der Waals surface area contributed by atoms with Gasteiger partial charge in [-0.1, -0.05) is 44.0 Å². The lowest BCUT2D eigenvalue weighted by molar-refractivity contribution is 0.739. The number of unbranched alkanes of at least 4 members (excludes halogenated alkanes) is 2. The number of nitrogens with one attached hydrogen (secondary N) is 1. The molecule has 6 heteroatoms. The summed E-state index contributed by atoms with van der Waals surface area (Å²) in [6, 6.07) is 10.1. The van der Waals surface area contributed by atoms with Crippen LogP contribution in [0.4, 0.5) is 9.70 Å². The molecule has 0 fully saturated rings. The van der Waals surface area contributed by atoms with Crippen LogP contribution in [0.5, 0.6) is 0 Å². The minimum atomic E-state index is 0.180. The monoisotopic (exact) mass is 344 g/mol. The Bertz CT molecular complexity index is 831. The first-order valence-corrected chi connectivity index (χ1v) is 8.93. The first kappa shape index (κ1) is 16.8. The van der Waals surface area contributed by atoms with E-state index in [1.165, 1.54) is 19.0 Å². The highest BCUT2D eigenvalue weighted by Gasteiger charge is 2.14. The first-order valence-electron chi connectivity index (χ1n) is 8.22. The largest absolute Gasteiger partial charge is 0.370 e. The number of hydrogen-bond acceptors (Lipinski definition) is 4. The lowest BCUT2D eigenvalue weighted by atomic mass is 10.1. The van der Waals surface area contributed by atoms with Gasteiger partial charge in [0.1, 0.15) is 10.7 Å². The number of aryl methyl sites for hydroxylation is 1. The molecular weight excluding hydrogens is 323 g/mol. The lowest BCUT2D eigenvalue weighted by Crippen LogP contribution is -2.08. The zero-order valence-electron chi connectivity index (χ0n) is 13.9. The standard InChI is InChI=1S/C18H21FN4S/c1-3-4-7-10-20-17-11-15(14-9-6-5-8-13(14)2)22-18-16(24-19)12-21-23(17)18/h5-6,8-9,11-12,20H,3-4,7,10H2,1-2H3. The highest BCUT2D eigenvalue weighted by Crippen LogP contribution is 2.29. The Morgan fingerprint density at radius 1 is 1.25 bits per heavy atom. The van der Waals surface area contributed by atoms with Crippen LogP contribution in [0, 0.1) is 6.92 Å². The molecule has 3 aromatic rings. The summed E-state index contributed by atoms with van der Waals surface area (Å²) in [5, 5.41) is 7.69. The molecule has 0 saturated heterocycles. The molecule has 0 amide bonds. The summed E-state index contributed by atoms with van der Waals surface area (Å²) in [7, 11) is 0. The van der Waals surface area contributed by atoms with Crippen molar-refractivity contribution < 1.29 is 3.89 Å². The topological polar surface area (TPSA) is 42.2 Å². The van der Waals surface area contributed by atoms with Crippen LogP contribution in [0.15, 0.2) is 41.4 Å². The van der Waals surface area contributed by atoms with Crippen molar-refractivity contribution in [1.29, 1.82) is 0 Å². The second-order valence-corrected chi connectivity index (χ2v) is 6.39. The van der Waals surface area contributed by atoms with Gasteiger partial charge in [-0.05, 0) is 18.9 Å². The molecule has 24 heavy (non-hydrogen) atoms. The van der Waals surface area contributed by atoms with Gasteiger partial charge in [0.15, 0.2) is 5.65 Å². The Morgan fingerprint density at radius 3 is 2.83 bits per heavy atom. The lowest BCUT2D eigenvalue weighted by Gasteiger charge is -2.12. The average molecular weight is 344 g/mol. The summed E-state index contributed by atoms with van der Waals surface area (Å²) in [6.07, 6.45) is 4.96. The minimum absolute atomic E-state index is 0.180. The molecule has 1 N–H and O–H groups in total. The van der Waals surface area contributed by atoms with E-state index in [-0.39, 0.29) is 12.1 Å². The van der Waals surface area contributed by atoms with Crippen LogP contribution >= 0.6 is 12.1 Å². The third-order valence-corrected chi connectivity index (χ3v) is 4.48. The van der Waals surface area contributed by atoms with Gasteiger partial charge in [0, 0.05) is 18.2 Å². The predicted molar refractivity (Wildman–Crippen MR) is 98.1 cm³/mol. The Kier molecular flexibility index (Phi) is 5.35. The summed E-state index contributed by atoms with van der Waals surface area (Å²) in [5.41, 5.74) is 3.56. The number of rotatable bonds is 7. The fraction of sp³-hybridized carbons (Fsp3) is 0.333. The number of benzene rings is 1. The van der Waals surface area contributed by atoms with Gasteiger partial charge >= 0.3 is 0 Å². The van der Waals surface area contributed by atoms with E-state index in [1.54, 1.807) is 4.52 Å². The van der Waals surface area contributed by atoms with Crippen LogP contribution in [-0.4, -0.2) is 21.1 Å². The smallest absolute Gasteiger partial charge is 0.174 e. The Morgan fingerprint density at radius 2 is 2.08 bits per heavy atom. The number of aromatic nitrogens is 3. The second kappa shape index (κ2) is 7.66. The zero-order chi connectivity index (χ0) is 16.9. The highest BCUT2D eigenvalue weighted by molar-refractivity contribution is 7.94. The molecule has 1 aromatic carbocycles. The summed E-state index contributed by atoms with van der Waals surface area (Å²) < 4.78 is 14.9. The van der Waals surface area contributed by atoms with Crippen molar-refractivity contribution in [3.8, 4) is 11.3 Å². The third kappa shape index (κ3) is 3.38. The fourth-order valence-corrected chi connectivity index (χ4v) is 3.00. The third-order valence-electron chi connectivity index (χ3n) is 4.03. The van der Waals surface area contributed by atoms with Crippen LogP contribution in [-0.2, 0) is 0 Å². The van der Waals surface area contributed by atoms with E-state index in [4.69, 9.17) is 0 Å². The first-order chi connectivity index (χ1) is 11.7. The molecule has 0 spiro atoms. The number of nitrogens with zero attached hydrogens (tertiary/aromatic N) is 3. The summed E-state index contributed by atoms with van der Waals surface area (Å²) >= 11 is 0.180. The van der Waals surface area contributed by atoms with Crippen molar-refractivity contribution in [2.45, 2.75) is 38.0 Å². The number of halogens is 1. The molecule has 0 bridgehead atoms. The van der Waals surface area contributed by atoms with E-state index in [1.807, 2.05) is 24.3 Å². The molecule has 2 aromatic heterocycles. The quantitative estimate of drug-likeness (QED) is 0.592. The molecule has 0 saturated carbocycles. The van der Waals surface area contributed by atoms with E-state index >= 15 is 0 Å². The van der Waals surface area contributed by atoms with E-state index in [0.717, 1.165) is 35.6 Å². The van der Waals surface area contributed by atoms with Gasteiger partial charge in [-0.2, -0.15) is 13.5 Å². The molecule has 0 radical (unpaired) electrons. The number of fused-ring (bicyclic) bond motifs is 1. The Balaban J connectivity index is 2.05. The van der Waals surface area contributed by atoms with Gasteiger partial charge in [0.2, 0.25) is 0 Å². The average Bonchev–Trinajstić information content (AvgIpc) is 3.02. The zero-order valence-corrected chi connectivity index (χ0v) is 14.7. The molecule has 0 aliphatic rings. The molecule has 126 valence electrons. The van der Waals surface area contributed by atoms with Gasteiger partial charge in [-0.3, -0.25) is 0 Å². The molecule has 3 rings (SSSR count). The molecule has 0 atom stereocenters. The van der Waals surface area contributed by atoms with Crippen LogP contribution in [0.3, 0.4) is 0 Å². The maximum absolute atomic E-state index is 13.2. The number of hydrogen-bond donors (Lipinski definition) is 1. The van der Waals surface area contributed by atoms with Crippen molar-refractivity contribution >= 4 is 23.6 Å². The number of anilines is 1. The van der Waals surface area contributed by atoms with Crippen LogP contribution < -0.4 is 5.32 Å². The molecule has 0 aliphatic carbocycles. The van der Waals surface area contributed by atoms with Crippen molar-refractivity contribution in [3.05, 3.63) is 42.1 Å². The van der Waals surface area contributed by atoms with Crippen molar-refractivity contribution in [1.82, 2.24) is 14.6 Å². The van der Waals surface area contributed by atoms with Crippen molar-refractivity contribution in [2.75, 3.05) is 11.9 Å². The highest BCUT2D eigenvalue weighted by atomic mass is 32.2. The summed E-state index contributed by atoms with van der Waals surface area (Å²) in [4.78, 5) is 5.07. The van der Waals surface area contributed by atoms with E-state index in [9.17, 15) is 3.89 Å². The van der Waals surface area contributed by atoms with Gasteiger partial charge in [0.05, 0.1) is 24.0 Å². The van der Waals surface area contributed by atoms with Gasteiger partial charge in [-0.15, -0.1) is 0 Å². The SMILES string of the molecule is CCCCCNc1cc(-c2ccccc2C)nc2c(SF)cnn12. The summed E-state index contributed by atoms with van der Waals surface area (Å²) in [6.45, 7) is 5.09. The van der Waals surface area contributed by atoms with E-state index < -0.39 is 0 Å². The fourth-order valence-electron chi connectivity index (χ4n) is 2.71. The van der Waals surface area contributed by atoms with Crippen LogP contribution in [0.2, 0.25) is 0 Å². The van der Waals surface area contributed by atoms with E-state index in [2.05, 4.69) is 35.3 Å². The summed E-state index contributed by atoms with van der Waals surface area (Å²) in [5.74, 6) is 0.842. The maximum atomic E-state index is 13.2. The second-order valence-electron chi connectivity index (χ2n) is 5.80.